The molecule has 15 heavy (non-hydrogen) atoms. The van der Waals surface area contributed by atoms with Gasteiger partial charge in [-0.05, 0) is 12.2 Å². The van der Waals surface area contributed by atoms with E-state index in [0.717, 1.165) is 0 Å². The summed E-state index contributed by atoms with van der Waals surface area (Å²) in [7, 11) is 0. The predicted molar refractivity (Wildman–Crippen MR) is 52.5 cm³/mol. The lowest BCUT2D eigenvalue weighted by atomic mass is 10.4. The highest BCUT2D eigenvalue weighted by Crippen LogP contribution is 2.08. The summed E-state index contributed by atoms with van der Waals surface area (Å²) in [5.74, 6) is 0.349. The van der Waals surface area contributed by atoms with Crippen molar-refractivity contribution in [2.24, 2.45) is 10.2 Å². The first-order valence-electron chi connectivity index (χ1n) is 4.29. The van der Waals surface area contributed by atoms with E-state index < -0.39 is 11.9 Å². The molecule has 0 spiro atoms. The van der Waals surface area contributed by atoms with Crippen molar-refractivity contribution in [2.45, 2.75) is 6.23 Å². The highest BCUT2D eigenvalue weighted by atomic mass is 16.5. The lowest BCUT2D eigenvalue weighted by molar-refractivity contribution is 0.185. The molecular formula is C9H8N4O2. The van der Waals surface area contributed by atoms with Crippen molar-refractivity contribution in [2.75, 3.05) is 0 Å². The molecule has 1 unspecified atom stereocenters. The zero-order chi connectivity index (χ0) is 10.5. The molecular weight excluding hydrogens is 196 g/mol. The molecule has 0 radical (unpaired) electrons. The van der Waals surface area contributed by atoms with Gasteiger partial charge in [-0.3, -0.25) is 4.98 Å². The van der Waals surface area contributed by atoms with Gasteiger partial charge in [0.15, 0.2) is 5.82 Å². The predicted octanol–water partition coefficient (Wildman–Crippen LogP) is 1.28. The number of azo groups is 1. The Balaban J connectivity index is 2.08. The van der Waals surface area contributed by atoms with Gasteiger partial charge in [0.05, 0.1) is 6.26 Å². The van der Waals surface area contributed by atoms with E-state index in [1.165, 1.54) is 12.5 Å². The van der Waals surface area contributed by atoms with Crippen molar-refractivity contribution in [3.05, 3.63) is 47.2 Å². The highest BCUT2D eigenvalue weighted by molar-refractivity contribution is 5.21. The van der Waals surface area contributed by atoms with E-state index >= 15 is 0 Å². The van der Waals surface area contributed by atoms with Gasteiger partial charge in [0.2, 0.25) is 6.23 Å². The van der Waals surface area contributed by atoms with Crippen LogP contribution >= 0.6 is 0 Å². The third kappa shape index (κ3) is 2.60. The Kier molecular flexibility index (Phi) is 2.68. The van der Waals surface area contributed by atoms with Gasteiger partial charge in [-0.1, -0.05) is 6.08 Å². The largest absolute Gasteiger partial charge is 0.471 e. The summed E-state index contributed by atoms with van der Waals surface area (Å²) in [5.41, 5.74) is -0.452. The maximum atomic E-state index is 10.8. The molecule has 6 heteroatoms. The van der Waals surface area contributed by atoms with Crippen LogP contribution in [0.2, 0.25) is 0 Å². The average Bonchev–Trinajstić information content (AvgIpc) is 2.28. The third-order valence-electron chi connectivity index (χ3n) is 1.62. The van der Waals surface area contributed by atoms with Gasteiger partial charge in [0.1, 0.15) is 0 Å². The lowest BCUT2D eigenvalue weighted by Gasteiger charge is -2.07. The average molecular weight is 204 g/mol. The number of H-pyrrole nitrogens is 1. The molecule has 0 saturated carbocycles. The maximum absolute atomic E-state index is 10.8. The number of nitrogens with one attached hydrogen (secondary N) is 1. The van der Waals surface area contributed by atoms with E-state index in [-0.39, 0.29) is 0 Å². The van der Waals surface area contributed by atoms with Crippen molar-refractivity contribution >= 4 is 5.82 Å². The SMILES string of the molecule is O=c1nccc(N=NC2C=CC=CO2)[nH]1. The van der Waals surface area contributed by atoms with Crippen LogP contribution in [0, 0.1) is 0 Å². The fourth-order valence-corrected chi connectivity index (χ4v) is 0.978. The molecule has 6 nitrogen and oxygen atoms in total. The van der Waals surface area contributed by atoms with Gasteiger partial charge in [-0.15, -0.1) is 10.2 Å². The number of aromatic nitrogens is 2. The van der Waals surface area contributed by atoms with Crippen LogP contribution < -0.4 is 5.69 Å². The van der Waals surface area contributed by atoms with Gasteiger partial charge in [-0.2, -0.15) is 0 Å². The molecule has 0 amide bonds. The van der Waals surface area contributed by atoms with Crippen molar-refractivity contribution in [1.82, 2.24) is 9.97 Å². The Morgan fingerprint density at radius 3 is 3.13 bits per heavy atom. The lowest BCUT2D eigenvalue weighted by Crippen LogP contribution is -2.07. The molecule has 1 aliphatic heterocycles. The monoisotopic (exact) mass is 204 g/mol. The zero-order valence-electron chi connectivity index (χ0n) is 7.70. The Morgan fingerprint density at radius 2 is 2.40 bits per heavy atom. The maximum Gasteiger partial charge on any atom is 0.346 e. The van der Waals surface area contributed by atoms with Crippen molar-refractivity contribution in [3.8, 4) is 0 Å². The Hall–Kier alpha value is -2.24. The van der Waals surface area contributed by atoms with Crippen LogP contribution in [0.1, 0.15) is 0 Å². The minimum Gasteiger partial charge on any atom is -0.471 e. The first-order valence-corrected chi connectivity index (χ1v) is 4.29. The first kappa shape index (κ1) is 9.32. The number of allylic oxidation sites excluding steroid dienone is 2. The first-order chi connectivity index (χ1) is 7.34. The van der Waals surface area contributed by atoms with E-state index in [2.05, 4.69) is 20.2 Å². The number of hydrogen-bond acceptors (Lipinski definition) is 5. The van der Waals surface area contributed by atoms with Gasteiger partial charge < -0.3 is 4.74 Å². The summed E-state index contributed by atoms with van der Waals surface area (Å²) in [6, 6.07) is 1.55. The fourth-order valence-electron chi connectivity index (χ4n) is 0.978. The summed E-state index contributed by atoms with van der Waals surface area (Å²) in [6.07, 6.45) is 7.75. The molecule has 1 aliphatic rings. The summed E-state index contributed by atoms with van der Waals surface area (Å²) in [6.45, 7) is 0. The molecule has 1 N–H and O–H groups in total. The standard InChI is InChI=1S/C9H8N4O2/c14-9-10-5-4-7(11-9)12-13-8-3-1-2-6-15-8/h1-6,8H,(H,10,11,14). The van der Waals surface area contributed by atoms with Crippen LogP contribution in [0.3, 0.4) is 0 Å². The van der Waals surface area contributed by atoms with E-state index in [4.69, 9.17) is 4.74 Å². The minimum absolute atomic E-state index is 0.349. The molecule has 76 valence electrons. The van der Waals surface area contributed by atoms with Crippen molar-refractivity contribution in [3.63, 3.8) is 0 Å². The second-order valence-corrected chi connectivity index (χ2v) is 2.72. The minimum atomic E-state index is -0.452. The normalized spacial score (nSPS) is 19.3. The number of nitrogens with zero attached hydrogens (tertiary/aromatic N) is 3. The van der Waals surface area contributed by atoms with Gasteiger partial charge in [-0.25, -0.2) is 9.78 Å². The van der Waals surface area contributed by atoms with E-state index in [1.807, 2.05) is 6.08 Å². The van der Waals surface area contributed by atoms with Gasteiger partial charge >= 0.3 is 5.69 Å². The van der Waals surface area contributed by atoms with Crippen molar-refractivity contribution < 1.29 is 4.74 Å². The quantitative estimate of drug-likeness (QED) is 0.737. The summed E-state index contributed by atoms with van der Waals surface area (Å²) < 4.78 is 5.09. The summed E-state index contributed by atoms with van der Waals surface area (Å²) in [5, 5.41) is 7.67. The van der Waals surface area contributed by atoms with Crippen LogP contribution in [-0.2, 0) is 4.74 Å². The van der Waals surface area contributed by atoms with E-state index in [9.17, 15) is 4.79 Å². The molecule has 2 rings (SSSR count). The molecule has 2 heterocycles. The van der Waals surface area contributed by atoms with Crippen LogP contribution in [0.4, 0.5) is 5.82 Å². The number of aromatic amines is 1. The van der Waals surface area contributed by atoms with Crippen LogP contribution in [0.5, 0.6) is 0 Å². The number of hydrogen-bond donors (Lipinski definition) is 1. The van der Waals surface area contributed by atoms with Crippen molar-refractivity contribution in [1.29, 1.82) is 0 Å². The topological polar surface area (TPSA) is 79.7 Å². The third-order valence-corrected chi connectivity index (χ3v) is 1.62. The van der Waals surface area contributed by atoms with Gasteiger partial charge in [0.25, 0.3) is 0 Å². The van der Waals surface area contributed by atoms with E-state index in [1.54, 1.807) is 18.2 Å². The van der Waals surface area contributed by atoms with Gasteiger partial charge in [0, 0.05) is 12.3 Å². The highest BCUT2D eigenvalue weighted by Gasteiger charge is 2.02. The number of ether oxygens (including phenoxy) is 1. The Labute approximate surface area is 85.0 Å². The number of rotatable bonds is 2. The molecule has 1 aromatic heterocycles. The summed E-state index contributed by atoms with van der Waals surface area (Å²) in [4.78, 5) is 16.7. The molecule has 0 aromatic carbocycles. The molecule has 0 bridgehead atoms. The Morgan fingerprint density at radius 1 is 1.47 bits per heavy atom. The smallest absolute Gasteiger partial charge is 0.346 e. The van der Waals surface area contributed by atoms with E-state index in [0.29, 0.717) is 5.82 Å². The second-order valence-electron chi connectivity index (χ2n) is 2.72. The molecule has 0 fully saturated rings. The molecule has 0 aliphatic carbocycles. The zero-order valence-corrected chi connectivity index (χ0v) is 7.70. The summed E-state index contributed by atoms with van der Waals surface area (Å²) >= 11 is 0. The second kappa shape index (κ2) is 4.32. The Bertz CT molecular complexity index is 475. The molecule has 1 aromatic rings. The van der Waals surface area contributed by atoms with Crippen LogP contribution in [-0.4, -0.2) is 16.2 Å². The molecule has 0 saturated heterocycles. The fraction of sp³-hybridized carbons (Fsp3) is 0.111. The molecule has 1 atom stereocenters. The van der Waals surface area contributed by atoms with Crippen LogP contribution in [0.25, 0.3) is 0 Å². The van der Waals surface area contributed by atoms with Crippen LogP contribution in [0.15, 0.2) is 51.8 Å².